The number of methoxy groups -OCH3 is 1. The molecular weight excluding hydrogens is 360 g/mol. The highest BCUT2D eigenvalue weighted by atomic mass is 16.5. The molecule has 2 aromatic heterocycles. The van der Waals surface area contributed by atoms with Crippen LogP contribution in [0.5, 0.6) is 0 Å². The number of H-pyrrole nitrogens is 1. The number of benzene rings is 1. The van der Waals surface area contributed by atoms with Crippen molar-refractivity contribution in [3.8, 4) is 0 Å². The molecule has 0 bridgehead atoms. The van der Waals surface area contributed by atoms with Gasteiger partial charge in [-0.15, -0.1) is 0 Å². The maximum atomic E-state index is 12.3. The zero-order chi connectivity index (χ0) is 19.5. The Labute approximate surface area is 162 Å². The van der Waals surface area contributed by atoms with Gasteiger partial charge in [0.2, 0.25) is 11.8 Å². The Balaban J connectivity index is 1.44. The number of para-hydroxylation sites is 1. The van der Waals surface area contributed by atoms with Gasteiger partial charge in [-0.2, -0.15) is 4.98 Å². The summed E-state index contributed by atoms with van der Waals surface area (Å²) in [6.45, 7) is 5.79. The third-order valence-corrected chi connectivity index (χ3v) is 5.05. The fraction of sp³-hybridized carbons (Fsp3) is 0.474. The van der Waals surface area contributed by atoms with E-state index in [1.165, 1.54) is 0 Å². The van der Waals surface area contributed by atoms with Gasteiger partial charge in [-0.05, 0) is 25.5 Å². The van der Waals surface area contributed by atoms with Crippen molar-refractivity contribution in [3.63, 3.8) is 0 Å². The summed E-state index contributed by atoms with van der Waals surface area (Å²) in [5, 5.41) is 4.59. The summed E-state index contributed by atoms with van der Waals surface area (Å²) in [7, 11) is 1.62. The minimum Gasteiger partial charge on any atom is -0.374 e. The molecule has 9 nitrogen and oxygen atoms in total. The van der Waals surface area contributed by atoms with E-state index in [1.54, 1.807) is 13.2 Å². The maximum absolute atomic E-state index is 12.3. The zero-order valence-electron chi connectivity index (χ0n) is 16.1. The molecule has 3 heterocycles. The maximum Gasteiger partial charge on any atom is 0.260 e. The number of hydrogen-bond donors (Lipinski definition) is 1. The Kier molecular flexibility index (Phi) is 5.36. The lowest BCUT2D eigenvalue weighted by molar-refractivity contribution is 0.109. The second-order valence-electron chi connectivity index (χ2n) is 6.95. The Morgan fingerprint density at radius 2 is 2.07 bits per heavy atom. The molecule has 1 atom stereocenters. The van der Waals surface area contributed by atoms with Crippen molar-refractivity contribution in [2.75, 3.05) is 38.2 Å². The second kappa shape index (κ2) is 8.07. The SMILES string of the molecule is COC(C)c1noc(CN2CCCN(c3nc4ccccc4c(=O)[nH]3)CC2)n1. The molecular formula is C19H24N6O3. The van der Waals surface area contributed by atoms with Crippen molar-refractivity contribution in [2.45, 2.75) is 26.0 Å². The quantitative estimate of drug-likeness (QED) is 0.710. The van der Waals surface area contributed by atoms with Gasteiger partial charge in [0.15, 0.2) is 5.82 Å². The summed E-state index contributed by atoms with van der Waals surface area (Å²) in [5.74, 6) is 1.77. The van der Waals surface area contributed by atoms with E-state index in [2.05, 4.69) is 29.9 Å². The second-order valence-corrected chi connectivity index (χ2v) is 6.95. The van der Waals surface area contributed by atoms with Gasteiger partial charge in [0.1, 0.15) is 6.10 Å². The summed E-state index contributed by atoms with van der Waals surface area (Å²) in [5.41, 5.74) is 0.611. The average molecular weight is 384 g/mol. The van der Waals surface area contributed by atoms with Crippen LogP contribution in [0.25, 0.3) is 10.9 Å². The fourth-order valence-electron chi connectivity index (χ4n) is 3.36. The van der Waals surface area contributed by atoms with Crippen LogP contribution in [-0.2, 0) is 11.3 Å². The molecule has 28 heavy (non-hydrogen) atoms. The van der Waals surface area contributed by atoms with Crippen molar-refractivity contribution in [3.05, 3.63) is 46.3 Å². The molecule has 0 amide bonds. The van der Waals surface area contributed by atoms with Crippen LogP contribution in [0.4, 0.5) is 5.95 Å². The van der Waals surface area contributed by atoms with Crippen LogP contribution in [0.2, 0.25) is 0 Å². The zero-order valence-corrected chi connectivity index (χ0v) is 16.1. The number of ether oxygens (including phenoxy) is 1. The van der Waals surface area contributed by atoms with Gasteiger partial charge in [-0.3, -0.25) is 14.7 Å². The Hall–Kier alpha value is -2.78. The van der Waals surface area contributed by atoms with Gasteiger partial charge < -0.3 is 14.2 Å². The predicted molar refractivity (Wildman–Crippen MR) is 104 cm³/mol. The van der Waals surface area contributed by atoms with Crippen LogP contribution in [0.15, 0.2) is 33.6 Å². The summed E-state index contributed by atoms with van der Waals surface area (Å²) in [4.78, 5) is 28.7. The molecule has 0 radical (unpaired) electrons. The molecule has 1 N–H and O–H groups in total. The Bertz CT molecular complexity index is 1000. The number of hydrogen-bond acceptors (Lipinski definition) is 8. The van der Waals surface area contributed by atoms with Gasteiger partial charge >= 0.3 is 0 Å². The first-order chi connectivity index (χ1) is 13.6. The van der Waals surface area contributed by atoms with Gasteiger partial charge in [-0.1, -0.05) is 17.3 Å². The first-order valence-corrected chi connectivity index (χ1v) is 9.45. The summed E-state index contributed by atoms with van der Waals surface area (Å²) >= 11 is 0. The fourth-order valence-corrected chi connectivity index (χ4v) is 3.36. The molecule has 0 aliphatic carbocycles. The number of anilines is 1. The van der Waals surface area contributed by atoms with Gasteiger partial charge in [-0.25, -0.2) is 4.98 Å². The third-order valence-electron chi connectivity index (χ3n) is 5.05. The topological polar surface area (TPSA) is 100 Å². The Morgan fingerprint density at radius 3 is 2.93 bits per heavy atom. The summed E-state index contributed by atoms with van der Waals surface area (Å²) in [6.07, 6.45) is 0.763. The van der Waals surface area contributed by atoms with Crippen molar-refractivity contribution < 1.29 is 9.26 Å². The van der Waals surface area contributed by atoms with E-state index in [1.807, 2.05) is 25.1 Å². The van der Waals surface area contributed by atoms with Crippen molar-refractivity contribution in [1.82, 2.24) is 25.0 Å². The smallest absolute Gasteiger partial charge is 0.260 e. The van der Waals surface area contributed by atoms with E-state index < -0.39 is 0 Å². The van der Waals surface area contributed by atoms with E-state index in [-0.39, 0.29) is 11.7 Å². The number of aromatic nitrogens is 4. The highest BCUT2D eigenvalue weighted by Crippen LogP contribution is 2.16. The van der Waals surface area contributed by atoms with Crippen LogP contribution in [0.3, 0.4) is 0 Å². The summed E-state index contributed by atoms with van der Waals surface area (Å²) < 4.78 is 10.6. The number of nitrogens with zero attached hydrogens (tertiary/aromatic N) is 5. The number of fused-ring (bicyclic) bond motifs is 1. The van der Waals surface area contributed by atoms with Crippen LogP contribution in [0.1, 0.15) is 31.2 Å². The summed E-state index contributed by atoms with van der Waals surface area (Å²) in [6, 6.07) is 7.40. The van der Waals surface area contributed by atoms with E-state index >= 15 is 0 Å². The van der Waals surface area contributed by atoms with Gasteiger partial charge in [0, 0.05) is 33.3 Å². The minimum absolute atomic E-state index is 0.104. The normalized spacial score (nSPS) is 17.0. The first-order valence-electron chi connectivity index (χ1n) is 9.45. The third kappa shape index (κ3) is 3.90. The molecule has 1 fully saturated rings. The molecule has 0 saturated carbocycles. The molecule has 0 spiro atoms. The van der Waals surface area contributed by atoms with E-state index in [4.69, 9.17) is 9.26 Å². The lowest BCUT2D eigenvalue weighted by Crippen LogP contribution is -2.32. The first kappa shape index (κ1) is 18.6. The van der Waals surface area contributed by atoms with Crippen molar-refractivity contribution >= 4 is 16.9 Å². The number of rotatable bonds is 5. The van der Waals surface area contributed by atoms with Gasteiger partial charge in [0.25, 0.3) is 5.56 Å². The van der Waals surface area contributed by atoms with Crippen molar-refractivity contribution in [2.24, 2.45) is 0 Å². The van der Waals surface area contributed by atoms with Gasteiger partial charge in [0.05, 0.1) is 17.4 Å². The molecule has 1 aliphatic heterocycles. The Morgan fingerprint density at radius 1 is 1.21 bits per heavy atom. The number of nitrogens with one attached hydrogen (secondary N) is 1. The van der Waals surface area contributed by atoms with Crippen molar-refractivity contribution in [1.29, 1.82) is 0 Å². The minimum atomic E-state index is -0.187. The van der Waals surface area contributed by atoms with E-state index in [0.29, 0.717) is 35.1 Å². The van der Waals surface area contributed by atoms with Crippen LogP contribution in [-0.4, -0.2) is 58.3 Å². The molecule has 3 aromatic rings. The predicted octanol–water partition coefficient (Wildman–Crippen LogP) is 1.73. The molecule has 148 valence electrons. The highest BCUT2D eigenvalue weighted by molar-refractivity contribution is 5.78. The number of aromatic amines is 1. The molecule has 1 unspecified atom stereocenters. The average Bonchev–Trinajstić information content (AvgIpc) is 3.05. The van der Waals surface area contributed by atoms with Crippen LogP contribution >= 0.6 is 0 Å². The standard InChI is InChI=1S/C19H24N6O3/c1-13(27-2)17-21-16(28-23-17)12-24-8-5-9-25(11-10-24)19-20-15-7-4-3-6-14(15)18(26)22-19/h3-4,6-7,13H,5,8-12H2,1-2H3,(H,20,22,26). The molecule has 4 rings (SSSR count). The van der Waals surface area contributed by atoms with E-state index in [9.17, 15) is 4.79 Å². The monoisotopic (exact) mass is 384 g/mol. The molecule has 9 heteroatoms. The largest absolute Gasteiger partial charge is 0.374 e. The molecule has 1 saturated heterocycles. The highest BCUT2D eigenvalue weighted by Gasteiger charge is 2.20. The van der Waals surface area contributed by atoms with Crippen LogP contribution < -0.4 is 10.5 Å². The molecule has 1 aromatic carbocycles. The van der Waals surface area contributed by atoms with Crippen LogP contribution in [0, 0.1) is 0 Å². The lowest BCUT2D eigenvalue weighted by atomic mass is 10.2. The lowest BCUT2D eigenvalue weighted by Gasteiger charge is -2.21. The molecule has 1 aliphatic rings. The van der Waals surface area contributed by atoms with E-state index in [0.717, 1.165) is 32.6 Å².